The number of rotatable bonds is 10. The molecule has 0 bridgehead atoms. The molecule has 0 spiro atoms. The second kappa shape index (κ2) is 10.9. The number of halogens is 1. The number of hydrogen-bond donors (Lipinski definition) is 1. The normalized spacial score (nSPS) is 12.1. The van der Waals surface area contributed by atoms with Crippen LogP contribution in [0.3, 0.4) is 0 Å². The van der Waals surface area contributed by atoms with Crippen molar-refractivity contribution in [3.8, 4) is 0 Å². The Hall–Kier alpha value is -2.68. The van der Waals surface area contributed by atoms with Crippen LogP contribution in [0.4, 0.5) is 4.39 Å². The van der Waals surface area contributed by atoms with Crippen LogP contribution in [0.5, 0.6) is 0 Å². The largest absolute Gasteiger partial charge is 0.374 e. The number of benzene rings is 2. The summed E-state index contributed by atoms with van der Waals surface area (Å²) in [5, 5.41) is 0.456. The highest BCUT2D eigenvalue weighted by molar-refractivity contribution is 7.99. The summed E-state index contributed by atoms with van der Waals surface area (Å²) >= 11 is 1.28. The van der Waals surface area contributed by atoms with Crippen molar-refractivity contribution in [2.45, 2.75) is 36.3 Å². The van der Waals surface area contributed by atoms with Gasteiger partial charge in [-0.15, -0.1) is 0 Å². The molecular weight excluding hydrogens is 407 g/mol. The second-order valence-corrected chi connectivity index (χ2v) is 7.67. The van der Waals surface area contributed by atoms with Gasteiger partial charge in [0.05, 0.1) is 18.2 Å². The number of nitrogens with zero attached hydrogens (tertiary/aromatic N) is 1. The van der Waals surface area contributed by atoms with E-state index in [4.69, 9.17) is 9.47 Å². The van der Waals surface area contributed by atoms with Gasteiger partial charge in [0.1, 0.15) is 19.5 Å². The zero-order valence-corrected chi connectivity index (χ0v) is 17.4. The van der Waals surface area contributed by atoms with E-state index in [1.165, 1.54) is 16.3 Å². The van der Waals surface area contributed by atoms with Gasteiger partial charge in [-0.3, -0.25) is 14.3 Å². The molecule has 0 aliphatic carbocycles. The predicted molar refractivity (Wildman–Crippen MR) is 114 cm³/mol. The summed E-state index contributed by atoms with van der Waals surface area (Å²) < 4.78 is 25.9. The van der Waals surface area contributed by atoms with Gasteiger partial charge in [-0.2, -0.15) is 0 Å². The molecule has 8 heteroatoms. The van der Waals surface area contributed by atoms with E-state index in [-0.39, 0.29) is 13.3 Å². The first-order valence-electron chi connectivity index (χ1n) is 9.44. The minimum atomic E-state index is -0.831. The third-order valence-electron chi connectivity index (χ3n) is 4.36. The van der Waals surface area contributed by atoms with E-state index >= 15 is 0 Å². The SMILES string of the molecule is Cc1c(Sc2ccccc2)n(CO[C@@H](CF)COCc2ccccc2)c(=O)[nH]c1=O. The number of alkyl halides is 1. The molecule has 2 aromatic carbocycles. The van der Waals surface area contributed by atoms with Gasteiger partial charge >= 0.3 is 5.69 Å². The molecule has 0 amide bonds. The molecule has 3 aromatic rings. The molecule has 0 fully saturated rings. The Morgan fingerprint density at radius 1 is 1.07 bits per heavy atom. The highest BCUT2D eigenvalue weighted by Gasteiger charge is 2.16. The number of nitrogens with one attached hydrogen (secondary N) is 1. The minimum Gasteiger partial charge on any atom is -0.374 e. The zero-order chi connectivity index (χ0) is 21.3. The molecule has 1 N–H and O–H groups in total. The molecule has 0 unspecified atom stereocenters. The molecule has 6 nitrogen and oxygen atoms in total. The molecule has 0 aliphatic heterocycles. The Morgan fingerprint density at radius 3 is 2.40 bits per heavy atom. The van der Waals surface area contributed by atoms with Gasteiger partial charge in [0.2, 0.25) is 0 Å². The van der Waals surface area contributed by atoms with Crippen LogP contribution in [0.15, 0.2) is 80.2 Å². The summed E-state index contributed by atoms with van der Waals surface area (Å²) in [5.74, 6) is 0. The quantitative estimate of drug-likeness (QED) is 0.498. The maximum Gasteiger partial charge on any atom is 0.331 e. The summed E-state index contributed by atoms with van der Waals surface area (Å²) in [6, 6.07) is 18.9. The van der Waals surface area contributed by atoms with E-state index in [0.29, 0.717) is 17.2 Å². The number of aromatic nitrogens is 2. The van der Waals surface area contributed by atoms with Crippen LogP contribution >= 0.6 is 11.8 Å². The highest BCUT2D eigenvalue weighted by atomic mass is 32.2. The monoisotopic (exact) mass is 430 g/mol. The summed E-state index contributed by atoms with van der Waals surface area (Å²) in [6.07, 6.45) is -0.831. The van der Waals surface area contributed by atoms with Crippen molar-refractivity contribution in [1.29, 1.82) is 0 Å². The minimum absolute atomic E-state index is 0.0453. The predicted octanol–water partition coefficient (Wildman–Crippen LogP) is 3.53. The maximum absolute atomic E-state index is 13.4. The van der Waals surface area contributed by atoms with Gasteiger partial charge in [-0.25, -0.2) is 9.18 Å². The van der Waals surface area contributed by atoms with Crippen molar-refractivity contribution in [1.82, 2.24) is 9.55 Å². The first-order chi connectivity index (χ1) is 14.6. The summed E-state index contributed by atoms with van der Waals surface area (Å²) in [7, 11) is 0. The Labute approximate surface area is 177 Å². The second-order valence-electron chi connectivity index (χ2n) is 6.61. The smallest absolute Gasteiger partial charge is 0.331 e. The molecular formula is C22H23FN2O4S. The molecule has 0 radical (unpaired) electrons. The standard InChI is InChI=1S/C22H23FN2O4S/c1-16-20(26)24-22(27)25(21(16)30-19-10-6-3-7-11-19)15-29-18(12-23)14-28-13-17-8-4-2-5-9-17/h2-11,18H,12-15H2,1H3,(H,24,26,27)/t18-/m0/s1. The van der Waals surface area contributed by atoms with Crippen molar-refractivity contribution in [2.24, 2.45) is 0 Å². The molecule has 0 aliphatic rings. The lowest BCUT2D eigenvalue weighted by molar-refractivity contribution is -0.0614. The van der Waals surface area contributed by atoms with Crippen molar-refractivity contribution in [2.75, 3.05) is 13.3 Å². The maximum atomic E-state index is 13.4. The Morgan fingerprint density at radius 2 is 1.73 bits per heavy atom. The Bertz CT molecular complexity index is 1050. The topological polar surface area (TPSA) is 73.3 Å². The van der Waals surface area contributed by atoms with Crippen LogP contribution in [-0.2, 0) is 22.8 Å². The first-order valence-corrected chi connectivity index (χ1v) is 10.3. The molecule has 1 aromatic heterocycles. The van der Waals surface area contributed by atoms with E-state index in [2.05, 4.69) is 4.98 Å². The third-order valence-corrected chi connectivity index (χ3v) is 5.58. The number of aromatic amines is 1. The molecule has 158 valence electrons. The molecule has 3 rings (SSSR count). The third kappa shape index (κ3) is 5.91. The lowest BCUT2D eigenvalue weighted by Gasteiger charge is -2.18. The molecule has 1 atom stereocenters. The first kappa shape index (κ1) is 22.0. The highest BCUT2D eigenvalue weighted by Crippen LogP contribution is 2.27. The van der Waals surface area contributed by atoms with Crippen LogP contribution in [0.25, 0.3) is 0 Å². The molecule has 30 heavy (non-hydrogen) atoms. The Balaban J connectivity index is 1.69. The average molecular weight is 431 g/mol. The van der Waals surface area contributed by atoms with E-state index in [1.54, 1.807) is 6.92 Å². The van der Waals surface area contributed by atoms with E-state index in [0.717, 1.165) is 10.5 Å². The fraction of sp³-hybridized carbons (Fsp3) is 0.273. The van der Waals surface area contributed by atoms with Gasteiger partial charge in [0.15, 0.2) is 0 Å². The van der Waals surface area contributed by atoms with E-state index in [1.807, 2.05) is 60.7 Å². The van der Waals surface area contributed by atoms with E-state index < -0.39 is 24.0 Å². The van der Waals surface area contributed by atoms with Gasteiger partial charge in [0.25, 0.3) is 5.56 Å². The number of ether oxygens (including phenoxy) is 2. The van der Waals surface area contributed by atoms with Crippen LogP contribution in [0.2, 0.25) is 0 Å². The summed E-state index contributed by atoms with van der Waals surface area (Å²) in [4.78, 5) is 27.6. The van der Waals surface area contributed by atoms with Crippen LogP contribution in [0, 0.1) is 6.92 Å². The van der Waals surface area contributed by atoms with Crippen LogP contribution in [-0.4, -0.2) is 28.9 Å². The van der Waals surface area contributed by atoms with Crippen molar-refractivity contribution in [3.05, 3.63) is 92.6 Å². The molecule has 0 saturated carbocycles. The lowest BCUT2D eigenvalue weighted by atomic mass is 10.2. The number of hydrogen-bond acceptors (Lipinski definition) is 5. The summed E-state index contributed by atoms with van der Waals surface area (Å²) in [5.41, 5.74) is 0.308. The zero-order valence-electron chi connectivity index (χ0n) is 16.5. The lowest BCUT2D eigenvalue weighted by Crippen LogP contribution is -2.35. The van der Waals surface area contributed by atoms with Gasteiger partial charge in [-0.05, 0) is 24.6 Å². The van der Waals surface area contributed by atoms with Crippen LogP contribution < -0.4 is 11.2 Å². The fourth-order valence-corrected chi connectivity index (χ4v) is 3.71. The van der Waals surface area contributed by atoms with Crippen molar-refractivity contribution >= 4 is 11.8 Å². The van der Waals surface area contributed by atoms with Crippen molar-refractivity contribution < 1.29 is 13.9 Å². The summed E-state index contributed by atoms with van der Waals surface area (Å²) in [6.45, 7) is 1.06. The van der Waals surface area contributed by atoms with E-state index in [9.17, 15) is 14.0 Å². The molecule has 0 saturated heterocycles. The van der Waals surface area contributed by atoms with Crippen LogP contribution in [0.1, 0.15) is 11.1 Å². The molecule has 1 heterocycles. The van der Waals surface area contributed by atoms with Gasteiger partial charge in [0, 0.05) is 10.5 Å². The number of H-pyrrole nitrogens is 1. The van der Waals surface area contributed by atoms with Gasteiger partial charge < -0.3 is 9.47 Å². The Kier molecular flexibility index (Phi) is 8.01. The average Bonchev–Trinajstić information content (AvgIpc) is 2.77. The van der Waals surface area contributed by atoms with Crippen molar-refractivity contribution in [3.63, 3.8) is 0 Å². The van der Waals surface area contributed by atoms with Gasteiger partial charge in [-0.1, -0.05) is 60.3 Å². The fourth-order valence-electron chi connectivity index (χ4n) is 2.70.